The minimum absolute atomic E-state index is 0. The summed E-state index contributed by atoms with van der Waals surface area (Å²) in [7, 11) is -2.52. The van der Waals surface area contributed by atoms with Crippen LogP contribution in [0.15, 0.2) is 71.6 Å². The smallest absolute Gasteiger partial charge is 0.241 e. The number of ether oxygens (including phenoxy) is 5. The molecule has 0 heterocycles. The van der Waals surface area contributed by atoms with Crippen LogP contribution >= 0.6 is 12.4 Å². The first-order valence-corrected chi connectivity index (χ1v) is 14.9. The summed E-state index contributed by atoms with van der Waals surface area (Å²) in [6.45, 7) is 9.12. The predicted octanol–water partition coefficient (Wildman–Crippen LogP) is 4.95. The largest absolute Gasteiger partial charge is 0.495 e. The minimum Gasteiger partial charge on any atom is -0.495 e. The Kier molecular flexibility index (Phi) is 14.1. The Morgan fingerprint density at radius 3 is 1.63 bits per heavy atom. The number of hydrogen-bond acceptors (Lipinski definition) is 8. The number of rotatable bonds is 17. The van der Waals surface area contributed by atoms with Crippen LogP contribution in [0.1, 0.15) is 26.3 Å². The zero-order chi connectivity index (χ0) is 29.0. The number of para-hydroxylation sites is 4. The molecule has 1 atom stereocenters. The van der Waals surface area contributed by atoms with Crippen molar-refractivity contribution in [2.24, 2.45) is 5.14 Å². The highest BCUT2D eigenvalue weighted by Gasteiger charge is 2.20. The lowest BCUT2D eigenvalue weighted by Gasteiger charge is -2.29. The highest BCUT2D eigenvalue weighted by Crippen LogP contribution is 2.28. The van der Waals surface area contributed by atoms with E-state index >= 15 is 0 Å². The number of nitrogens with two attached hydrogens (primary N) is 1. The van der Waals surface area contributed by atoms with E-state index in [0.29, 0.717) is 68.9 Å². The van der Waals surface area contributed by atoms with Crippen LogP contribution in [0.3, 0.4) is 0 Å². The van der Waals surface area contributed by atoms with Crippen LogP contribution in [0.4, 0.5) is 0 Å². The maximum atomic E-state index is 12.1. The molecule has 3 aromatic carbocycles. The Morgan fingerprint density at radius 1 is 0.756 bits per heavy atom. The van der Waals surface area contributed by atoms with Crippen LogP contribution < -0.4 is 28.8 Å². The van der Waals surface area contributed by atoms with E-state index in [-0.39, 0.29) is 29.1 Å². The van der Waals surface area contributed by atoms with Crippen molar-refractivity contribution in [1.29, 1.82) is 0 Å². The maximum Gasteiger partial charge on any atom is 0.241 e. The van der Waals surface area contributed by atoms with Gasteiger partial charge in [-0.25, -0.2) is 13.6 Å². The maximum absolute atomic E-state index is 12.1. The first-order valence-electron chi connectivity index (χ1n) is 13.4. The van der Waals surface area contributed by atoms with E-state index in [9.17, 15) is 8.42 Å². The average molecular weight is 609 g/mol. The van der Waals surface area contributed by atoms with E-state index in [4.69, 9.17) is 28.8 Å². The molecule has 0 radical (unpaired) electrons. The summed E-state index contributed by atoms with van der Waals surface area (Å²) in [5.41, 5.74) is 0.826. The van der Waals surface area contributed by atoms with Gasteiger partial charge in [-0.1, -0.05) is 30.3 Å². The van der Waals surface area contributed by atoms with Crippen LogP contribution in [-0.2, 0) is 16.4 Å². The molecule has 0 amide bonds. The number of nitrogens with zero attached hydrogens (tertiary/aromatic N) is 1. The molecule has 0 unspecified atom stereocenters. The highest BCUT2D eigenvalue weighted by atomic mass is 35.5. The third kappa shape index (κ3) is 10.3. The van der Waals surface area contributed by atoms with Gasteiger partial charge in [-0.05, 0) is 69.2 Å². The van der Waals surface area contributed by atoms with E-state index < -0.39 is 10.0 Å². The number of methoxy groups -OCH3 is 1. The molecule has 0 fully saturated rings. The van der Waals surface area contributed by atoms with E-state index in [1.165, 1.54) is 7.11 Å². The molecule has 9 nitrogen and oxygen atoms in total. The normalized spacial score (nSPS) is 11.9. The Labute approximate surface area is 250 Å². The second kappa shape index (κ2) is 16.9. The molecule has 0 saturated carbocycles. The lowest BCUT2D eigenvalue weighted by Crippen LogP contribution is -2.40. The molecule has 3 aromatic rings. The number of halogens is 1. The molecule has 226 valence electrons. The van der Waals surface area contributed by atoms with Gasteiger partial charge in [0.15, 0.2) is 23.0 Å². The minimum atomic E-state index is -3.93. The zero-order valence-corrected chi connectivity index (χ0v) is 25.7. The average Bonchev–Trinajstić information content (AvgIpc) is 2.93. The van der Waals surface area contributed by atoms with Crippen LogP contribution in [0, 0.1) is 0 Å². The van der Waals surface area contributed by atoms with Crippen molar-refractivity contribution in [3.63, 3.8) is 0 Å². The fourth-order valence-electron chi connectivity index (χ4n) is 4.33. The van der Waals surface area contributed by atoms with Gasteiger partial charge >= 0.3 is 0 Å². The summed E-state index contributed by atoms with van der Waals surface area (Å²) < 4.78 is 53.0. The molecule has 0 aliphatic carbocycles. The van der Waals surface area contributed by atoms with Gasteiger partial charge in [-0.15, -0.1) is 12.4 Å². The fourth-order valence-corrected chi connectivity index (χ4v) is 5.07. The molecule has 2 N–H and O–H groups in total. The van der Waals surface area contributed by atoms with Gasteiger partial charge in [0, 0.05) is 19.1 Å². The SMILES string of the molecule is CCOc1ccccc1OCCN(CCOc1ccccc1OCC)[C@H](C)Cc1ccc(OC)c(S(N)(=O)=O)c1.Cl. The molecule has 0 spiro atoms. The lowest BCUT2D eigenvalue weighted by molar-refractivity contribution is 0.137. The van der Waals surface area contributed by atoms with Gasteiger partial charge in [0.25, 0.3) is 0 Å². The van der Waals surface area contributed by atoms with E-state index in [0.717, 1.165) is 5.56 Å². The number of primary sulfonamides is 1. The highest BCUT2D eigenvalue weighted by molar-refractivity contribution is 7.89. The van der Waals surface area contributed by atoms with Crippen molar-refractivity contribution < 1.29 is 32.1 Å². The van der Waals surface area contributed by atoms with Gasteiger partial charge in [-0.3, -0.25) is 4.90 Å². The Bertz CT molecular complexity index is 1270. The monoisotopic (exact) mass is 608 g/mol. The Hall–Kier alpha value is -3.18. The summed E-state index contributed by atoms with van der Waals surface area (Å²) in [5, 5.41) is 5.43. The molecule has 41 heavy (non-hydrogen) atoms. The van der Waals surface area contributed by atoms with Gasteiger partial charge < -0.3 is 23.7 Å². The molecular weight excluding hydrogens is 568 g/mol. The molecule has 0 aliphatic rings. The van der Waals surface area contributed by atoms with Crippen LogP contribution in [0.25, 0.3) is 0 Å². The van der Waals surface area contributed by atoms with Crippen LogP contribution in [-0.4, -0.2) is 66.0 Å². The topological polar surface area (TPSA) is 110 Å². The first kappa shape index (κ1) is 34.0. The molecule has 3 rings (SSSR count). The quantitative estimate of drug-likeness (QED) is 0.229. The third-order valence-corrected chi connectivity index (χ3v) is 7.19. The van der Waals surface area contributed by atoms with Crippen LogP contribution in [0.5, 0.6) is 28.7 Å². The fraction of sp³-hybridized carbons (Fsp3) is 0.400. The summed E-state index contributed by atoms with van der Waals surface area (Å²) in [6.07, 6.45) is 0.581. The molecule has 0 bridgehead atoms. The number of benzene rings is 3. The van der Waals surface area contributed by atoms with Gasteiger partial charge in [-0.2, -0.15) is 0 Å². The van der Waals surface area contributed by atoms with Gasteiger partial charge in [0.2, 0.25) is 10.0 Å². The van der Waals surface area contributed by atoms with Crippen molar-refractivity contribution in [3.05, 3.63) is 72.3 Å². The molecule has 0 aliphatic heterocycles. The van der Waals surface area contributed by atoms with Crippen LogP contribution in [0.2, 0.25) is 0 Å². The second-order valence-corrected chi connectivity index (χ2v) is 10.6. The molecule has 11 heteroatoms. The summed E-state index contributed by atoms with van der Waals surface area (Å²) in [4.78, 5) is 2.21. The van der Waals surface area contributed by atoms with E-state index in [2.05, 4.69) is 11.8 Å². The van der Waals surface area contributed by atoms with Crippen molar-refractivity contribution in [2.45, 2.75) is 38.1 Å². The predicted molar refractivity (Wildman–Crippen MR) is 163 cm³/mol. The molecule has 0 aromatic heterocycles. The molecule has 0 saturated heterocycles. The molecular formula is C30H41ClN2O7S. The Morgan fingerprint density at radius 2 is 1.22 bits per heavy atom. The lowest BCUT2D eigenvalue weighted by atomic mass is 10.1. The van der Waals surface area contributed by atoms with Crippen molar-refractivity contribution in [3.8, 4) is 28.7 Å². The summed E-state index contributed by atoms with van der Waals surface area (Å²) in [5.74, 6) is 3.00. The van der Waals surface area contributed by atoms with E-state index in [1.54, 1.807) is 12.1 Å². The Balaban J connectivity index is 0.00000588. The van der Waals surface area contributed by atoms with Crippen molar-refractivity contribution in [2.75, 3.05) is 46.6 Å². The summed E-state index contributed by atoms with van der Waals surface area (Å²) >= 11 is 0. The van der Waals surface area contributed by atoms with E-state index in [1.807, 2.05) is 68.4 Å². The van der Waals surface area contributed by atoms with Crippen molar-refractivity contribution in [1.82, 2.24) is 4.90 Å². The number of hydrogen-bond donors (Lipinski definition) is 1. The van der Waals surface area contributed by atoms with Gasteiger partial charge in [0.05, 0.1) is 20.3 Å². The number of sulfonamides is 1. The van der Waals surface area contributed by atoms with Gasteiger partial charge in [0.1, 0.15) is 23.9 Å². The first-order chi connectivity index (χ1) is 19.3. The third-order valence-electron chi connectivity index (χ3n) is 6.26. The summed E-state index contributed by atoms with van der Waals surface area (Å²) in [6, 6.07) is 20.3. The standard InChI is InChI=1S/C30H40N2O7S.ClH/c1-5-36-25-11-7-9-13-27(25)38-19-17-32(18-20-39-28-14-10-8-12-26(28)37-6-2)23(3)21-24-15-16-29(35-4)30(22-24)40(31,33)34;/h7-16,22-23H,5-6,17-21H2,1-4H3,(H2,31,33,34);1H/t23-;/m1./s1. The zero-order valence-electron chi connectivity index (χ0n) is 24.1. The second-order valence-electron chi connectivity index (χ2n) is 9.08. The van der Waals surface area contributed by atoms with Crippen molar-refractivity contribution >= 4 is 22.4 Å².